The standard InChI is InChI=1S/C29H30N2OS/c32-28(27-20-33-29-12-6-5-11-26(27)29)15-16-30-18-25-10-4-3-9-24(30)19-31(25)23-14-13-21-7-1-2-8-22(21)17-23/h1-8,11-14,17,20,24-25,28,32H,9-10,15-16,18-19H2/b4-3-/t24-,25-,28?/m0/s1. The number of aliphatic hydroxyl groups is 1. The van der Waals surface area contributed by atoms with Crippen LogP contribution < -0.4 is 4.90 Å². The van der Waals surface area contributed by atoms with Gasteiger partial charge in [-0.2, -0.15) is 0 Å². The van der Waals surface area contributed by atoms with Gasteiger partial charge in [0, 0.05) is 42.1 Å². The lowest BCUT2D eigenvalue weighted by atomic mass is 9.95. The summed E-state index contributed by atoms with van der Waals surface area (Å²) in [5.74, 6) is 0. The molecule has 4 aromatic rings. The third-order valence-electron chi connectivity index (χ3n) is 7.42. The second-order valence-electron chi connectivity index (χ2n) is 9.42. The van der Waals surface area contributed by atoms with E-state index in [9.17, 15) is 5.11 Å². The maximum Gasteiger partial charge on any atom is 0.0816 e. The Morgan fingerprint density at radius 3 is 2.58 bits per heavy atom. The number of rotatable bonds is 5. The molecule has 3 atom stereocenters. The number of thiophene rings is 1. The lowest BCUT2D eigenvalue weighted by Crippen LogP contribution is -2.59. The van der Waals surface area contributed by atoms with Crippen LogP contribution in [-0.4, -0.2) is 41.7 Å². The molecular weight excluding hydrogens is 424 g/mol. The van der Waals surface area contributed by atoms with Gasteiger partial charge in [0.25, 0.3) is 0 Å². The van der Waals surface area contributed by atoms with Crippen molar-refractivity contribution in [2.45, 2.75) is 37.5 Å². The van der Waals surface area contributed by atoms with Gasteiger partial charge in [-0.25, -0.2) is 0 Å². The molecule has 3 aliphatic heterocycles. The first-order valence-electron chi connectivity index (χ1n) is 12.0. The van der Waals surface area contributed by atoms with Crippen molar-refractivity contribution in [3.05, 3.63) is 89.8 Å². The van der Waals surface area contributed by atoms with E-state index in [0.29, 0.717) is 12.1 Å². The maximum absolute atomic E-state index is 11.0. The summed E-state index contributed by atoms with van der Waals surface area (Å²) >= 11 is 1.73. The maximum atomic E-state index is 11.0. The largest absolute Gasteiger partial charge is 0.388 e. The first-order chi connectivity index (χ1) is 16.3. The van der Waals surface area contributed by atoms with E-state index < -0.39 is 6.10 Å². The minimum Gasteiger partial charge on any atom is -0.388 e. The quantitative estimate of drug-likeness (QED) is 0.354. The monoisotopic (exact) mass is 454 g/mol. The summed E-state index contributed by atoms with van der Waals surface area (Å²) in [6, 6.07) is 24.9. The summed E-state index contributed by atoms with van der Waals surface area (Å²) < 4.78 is 1.26. The van der Waals surface area contributed by atoms with E-state index in [-0.39, 0.29) is 0 Å². The number of fused-ring (bicyclic) bond motifs is 6. The molecule has 0 saturated carbocycles. The highest BCUT2D eigenvalue weighted by atomic mass is 32.1. The molecule has 0 radical (unpaired) electrons. The number of piperazine rings is 1. The molecule has 1 unspecified atom stereocenters. The van der Waals surface area contributed by atoms with Gasteiger partial charge in [-0.1, -0.05) is 60.7 Å². The number of hydrogen-bond donors (Lipinski definition) is 1. The highest BCUT2D eigenvalue weighted by molar-refractivity contribution is 7.17. The predicted octanol–water partition coefficient (Wildman–Crippen LogP) is 6.39. The Hall–Kier alpha value is -2.66. The fourth-order valence-electron chi connectivity index (χ4n) is 5.59. The molecule has 7 rings (SSSR count). The fraction of sp³-hybridized carbons (Fsp3) is 0.310. The normalized spacial score (nSPS) is 23.0. The second kappa shape index (κ2) is 8.94. The van der Waals surface area contributed by atoms with Gasteiger partial charge in [-0.15, -0.1) is 11.3 Å². The van der Waals surface area contributed by atoms with Crippen LogP contribution in [0.1, 0.15) is 30.9 Å². The predicted molar refractivity (Wildman–Crippen MR) is 140 cm³/mol. The van der Waals surface area contributed by atoms with Crippen LogP contribution in [0.4, 0.5) is 5.69 Å². The van der Waals surface area contributed by atoms with Gasteiger partial charge < -0.3 is 10.0 Å². The zero-order valence-electron chi connectivity index (χ0n) is 18.8. The van der Waals surface area contributed by atoms with Crippen LogP contribution in [0.15, 0.2) is 84.3 Å². The number of anilines is 1. The molecule has 1 aromatic heterocycles. The minimum absolute atomic E-state index is 0.405. The molecular formula is C29H30N2OS. The van der Waals surface area contributed by atoms with Crippen LogP contribution in [0.5, 0.6) is 0 Å². The third kappa shape index (κ3) is 4.08. The van der Waals surface area contributed by atoms with Crippen molar-refractivity contribution in [1.82, 2.24) is 4.90 Å². The van der Waals surface area contributed by atoms with Gasteiger partial charge in [0.15, 0.2) is 0 Å². The van der Waals surface area contributed by atoms with E-state index in [0.717, 1.165) is 44.5 Å². The van der Waals surface area contributed by atoms with Crippen molar-refractivity contribution >= 4 is 37.9 Å². The van der Waals surface area contributed by atoms with Crippen LogP contribution in [0.2, 0.25) is 0 Å². The van der Waals surface area contributed by atoms with Crippen LogP contribution in [0.25, 0.3) is 20.9 Å². The molecule has 1 fully saturated rings. The molecule has 3 aliphatic rings. The van der Waals surface area contributed by atoms with Crippen LogP contribution >= 0.6 is 11.3 Å². The Balaban J connectivity index is 1.19. The van der Waals surface area contributed by atoms with Crippen LogP contribution in [0.3, 0.4) is 0 Å². The topological polar surface area (TPSA) is 26.7 Å². The Kier molecular flexibility index (Phi) is 5.67. The number of nitrogens with zero attached hydrogens (tertiary/aromatic N) is 2. The van der Waals surface area contributed by atoms with Crippen molar-refractivity contribution in [1.29, 1.82) is 0 Å². The summed E-state index contributed by atoms with van der Waals surface area (Å²) in [4.78, 5) is 5.25. The summed E-state index contributed by atoms with van der Waals surface area (Å²) in [5, 5.41) is 17.0. The average Bonchev–Trinajstić information content (AvgIpc) is 3.27. The van der Waals surface area contributed by atoms with Crippen molar-refractivity contribution in [3.63, 3.8) is 0 Å². The first-order valence-corrected chi connectivity index (χ1v) is 12.9. The fourth-order valence-corrected chi connectivity index (χ4v) is 6.60. The van der Waals surface area contributed by atoms with Gasteiger partial charge in [0.1, 0.15) is 0 Å². The zero-order chi connectivity index (χ0) is 22.2. The minimum atomic E-state index is -0.405. The molecule has 2 bridgehead atoms. The third-order valence-corrected chi connectivity index (χ3v) is 8.40. The summed E-state index contributed by atoms with van der Waals surface area (Å²) in [5.41, 5.74) is 2.42. The number of hydrogen-bond acceptors (Lipinski definition) is 4. The number of aliphatic hydroxyl groups excluding tert-OH is 1. The Bertz CT molecular complexity index is 1300. The molecule has 0 aliphatic carbocycles. The number of benzene rings is 3. The Labute approximate surface area is 199 Å². The molecule has 1 saturated heterocycles. The van der Waals surface area contributed by atoms with Crippen molar-refractivity contribution in [3.8, 4) is 0 Å². The lowest BCUT2D eigenvalue weighted by molar-refractivity contribution is 0.104. The molecule has 1 N–H and O–H groups in total. The highest BCUT2D eigenvalue weighted by Gasteiger charge is 2.34. The van der Waals surface area contributed by atoms with E-state index in [1.165, 1.54) is 26.5 Å². The average molecular weight is 455 g/mol. The summed E-state index contributed by atoms with van der Waals surface area (Å²) in [6.07, 6.45) is 7.27. The molecule has 0 amide bonds. The van der Waals surface area contributed by atoms with Crippen LogP contribution in [-0.2, 0) is 0 Å². The van der Waals surface area contributed by atoms with E-state index >= 15 is 0 Å². The Morgan fingerprint density at radius 1 is 0.879 bits per heavy atom. The second-order valence-corrected chi connectivity index (χ2v) is 10.3. The van der Waals surface area contributed by atoms with Gasteiger partial charge in [0.2, 0.25) is 0 Å². The molecule has 3 nitrogen and oxygen atoms in total. The van der Waals surface area contributed by atoms with Crippen molar-refractivity contribution < 1.29 is 5.11 Å². The van der Waals surface area contributed by atoms with E-state index in [1.54, 1.807) is 11.3 Å². The summed E-state index contributed by atoms with van der Waals surface area (Å²) in [7, 11) is 0. The molecule has 4 heteroatoms. The van der Waals surface area contributed by atoms with Gasteiger partial charge in [-0.3, -0.25) is 4.90 Å². The van der Waals surface area contributed by atoms with Gasteiger partial charge >= 0.3 is 0 Å². The molecule has 33 heavy (non-hydrogen) atoms. The smallest absolute Gasteiger partial charge is 0.0816 e. The Morgan fingerprint density at radius 2 is 1.67 bits per heavy atom. The molecule has 0 spiro atoms. The zero-order valence-corrected chi connectivity index (χ0v) is 19.6. The summed E-state index contributed by atoms with van der Waals surface area (Å²) in [6.45, 7) is 3.04. The molecule has 3 aromatic carbocycles. The van der Waals surface area contributed by atoms with Gasteiger partial charge in [-0.05, 0) is 64.6 Å². The van der Waals surface area contributed by atoms with E-state index in [1.807, 2.05) is 0 Å². The first kappa shape index (κ1) is 20.9. The van der Waals surface area contributed by atoms with Crippen LogP contribution in [0, 0.1) is 0 Å². The van der Waals surface area contributed by atoms with Gasteiger partial charge in [0.05, 0.1) is 6.10 Å². The van der Waals surface area contributed by atoms with Crippen molar-refractivity contribution in [2.24, 2.45) is 0 Å². The lowest BCUT2D eigenvalue weighted by Gasteiger charge is -2.48. The molecule has 4 heterocycles. The highest BCUT2D eigenvalue weighted by Crippen LogP contribution is 2.34. The molecule has 168 valence electrons. The van der Waals surface area contributed by atoms with E-state index in [2.05, 4.69) is 94.1 Å². The van der Waals surface area contributed by atoms with Crippen molar-refractivity contribution in [2.75, 3.05) is 24.5 Å². The van der Waals surface area contributed by atoms with E-state index in [4.69, 9.17) is 0 Å². The SMILES string of the molecule is OC(CCN1C[C@@H]2C/C=C\C[C@H]1CN2c1ccc2ccccc2c1)c1csc2ccccc12.